The summed E-state index contributed by atoms with van der Waals surface area (Å²) in [6, 6.07) is 8.80. The van der Waals surface area contributed by atoms with Crippen LogP contribution in [-0.4, -0.2) is 42.1 Å². The lowest BCUT2D eigenvalue weighted by Crippen LogP contribution is -2.25. The number of ether oxygens (including phenoxy) is 1. The zero-order valence-corrected chi connectivity index (χ0v) is 17.7. The van der Waals surface area contributed by atoms with Crippen molar-refractivity contribution in [1.82, 2.24) is 24.9 Å². The van der Waals surface area contributed by atoms with Gasteiger partial charge in [-0.15, -0.1) is 0 Å². The first-order valence-electron chi connectivity index (χ1n) is 10.9. The van der Waals surface area contributed by atoms with Gasteiger partial charge in [-0.3, -0.25) is 4.79 Å². The molecular formula is C24H22FN5O3. The normalized spacial score (nSPS) is 18.3. The highest BCUT2D eigenvalue weighted by atomic mass is 19.1. The van der Waals surface area contributed by atoms with Gasteiger partial charge >= 0.3 is 12.0 Å². The maximum atomic E-state index is 14.9. The number of pyridine rings is 1. The number of hydrogen-bond acceptors (Lipinski definition) is 6. The molecule has 33 heavy (non-hydrogen) atoms. The number of hydrogen-bond donors (Lipinski definition) is 2. The van der Waals surface area contributed by atoms with Gasteiger partial charge in [0.1, 0.15) is 17.7 Å². The first-order chi connectivity index (χ1) is 16.0. The average Bonchev–Trinajstić information content (AvgIpc) is 3.24. The molecule has 0 radical (unpaired) electrons. The number of carbonyl (C=O) groups is 1. The van der Waals surface area contributed by atoms with Crippen molar-refractivity contribution >= 4 is 17.1 Å². The van der Waals surface area contributed by atoms with Crippen molar-refractivity contribution in [2.45, 2.75) is 38.2 Å². The molecule has 3 heterocycles. The maximum absolute atomic E-state index is 14.9. The van der Waals surface area contributed by atoms with Crippen molar-refractivity contribution in [1.29, 1.82) is 0 Å². The molecule has 0 bridgehead atoms. The third-order valence-electron chi connectivity index (χ3n) is 5.97. The number of aliphatic carboxylic acids is 1. The summed E-state index contributed by atoms with van der Waals surface area (Å²) in [4.78, 5) is 31.0. The Morgan fingerprint density at radius 3 is 2.58 bits per heavy atom. The first-order valence-corrected chi connectivity index (χ1v) is 10.9. The van der Waals surface area contributed by atoms with E-state index >= 15 is 0 Å². The summed E-state index contributed by atoms with van der Waals surface area (Å²) < 4.78 is 20.7. The van der Waals surface area contributed by atoms with Crippen LogP contribution in [0.3, 0.4) is 0 Å². The predicted molar refractivity (Wildman–Crippen MR) is 119 cm³/mol. The van der Waals surface area contributed by atoms with Gasteiger partial charge in [0.25, 0.3) is 0 Å². The Labute approximate surface area is 188 Å². The molecule has 0 spiro atoms. The highest BCUT2D eigenvalue weighted by Crippen LogP contribution is 2.30. The molecule has 9 heteroatoms. The van der Waals surface area contributed by atoms with E-state index in [0.29, 0.717) is 28.2 Å². The smallest absolute Gasteiger partial charge is 0.316 e. The maximum Gasteiger partial charge on any atom is 0.316 e. The van der Waals surface area contributed by atoms with Gasteiger partial charge in [0, 0.05) is 30.6 Å². The standard InChI is InChI=1S/C24H22FN5O3/c25-19-11-15(5-8-18(19)22-29-20-2-1-9-26-23(20)30-22)16-12-27-24(28-13-16)33-17-6-3-14(4-7-17)10-21(31)32/h1-2,5,8-9,11-14,17H,3-4,6-7,10H2,(H,31,32)(H,26,29,30). The second kappa shape index (κ2) is 8.93. The first kappa shape index (κ1) is 21.0. The van der Waals surface area contributed by atoms with E-state index in [1.807, 2.05) is 6.07 Å². The number of benzene rings is 1. The minimum Gasteiger partial charge on any atom is -0.481 e. The van der Waals surface area contributed by atoms with Gasteiger partial charge in [-0.05, 0) is 61.4 Å². The number of nitrogens with one attached hydrogen (secondary N) is 1. The van der Waals surface area contributed by atoms with Crippen LogP contribution >= 0.6 is 0 Å². The number of aromatic amines is 1. The second-order valence-corrected chi connectivity index (χ2v) is 8.27. The van der Waals surface area contributed by atoms with Crippen molar-refractivity contribution < 1.29 is 19.0 Å². The fourth-order valence-electron chi connectivity index (χ4n) is 4.24. The fourth-order valence-corrected chi connectivity index (χ4v) is 4.24. The number of halogens is 1. The van der Waals surface area contributed by atoms with Gasteiger partial charge in [-0.25, -0.2) is 24.3 Å². The summed E-state index contributed by atoms with van der Waals surface area (Å²) in [5, 5.41) is 8.93. The van der Waals surface area contributed by atoms with Gasteiger partial charge in [-0.1, -0.05) is 6.07 Å². The molecule has 2 N–H and O–H groups in total. The molecule has 3 aromatic heterocycles. The molecule has 1 aromatic carbocycles. The SMILES string of the molecule is O=C(O)CC1CCC(Oc2ncc(-c3ccc(-c4nc5ncccc5[nH]4)c(F)c3)cn2)CC1. The van der Waals surface area contributed by atoms with Crippen LogP contribution in [0.25, 0.3) is 33.7 Å². The lowest BCUT2D eigenvalue weighted by Gasteiger charge is -2.27. The fraction of sp³-hybridized carbons (Fsp3) is 0.292. The molecule has 0 unspecified atom stereocenters. The van der Waals surface area contributed by atoms with Crippen molar-refractivity contribution in [3.63, 3.8) is 0 Å². The molecule has 1 aliphatic carbocycles. The highest BCUT2D eigenvalue weighted by Gasteiger charge is 2.24. The number of carboxylic acid groups (broad SMARTS) is 1. The average molecular weight is 447 g/mol. The van der Waals surface area contributed by atoms with E-state index in [2.05, 4.69) is 24.9 Å². The molecular weight excluding hydrogens is 425 g/mol. The zero-order valence-electron chi connectivity index (χ0n) is 17.7. The quantitative estimate of drug-likeness (QED) is 0.443. The Bertz CT molecular complexity index is 1250. The van der Waals surface area contributed by atoms with Crippen LogP contribution in [0, 0.1) is 11.7 Å². The summed E-state index contributed by atoms with van der Waals surface area (Å²) in [6.07, 6.45) is 8.26. The monoisotopic (exact) mass is 447 g/mol. The third kappa shape index (κ3) is 4.67. The number of fused-ring (bicyclic) bond motifs is 1. The van der Waals surface area contributed by atoms with Crippen LogP contribution in [0.15, 0.2) is 48.9 Å². The van der Waals surface area contributed by atoms with E-state index in [9.17, 15) is 9.18 Å². The van der Waals surface area contributed by atoms with Crippen LogP contribution in [0.1, 0.15) is 32.1 Å². The molecule has 1 fully saturated rings. The number of imidazole rings is 1. The van der Waals surface area contributed by atoms with E-state index in [1.165, 1.54) is 6.07 Å². The Kier molecular flexibility index (Phi) is 5.68. The molecule has 0 atom stereocenters. The number of rotatable bonds is 6. The van der Waals surface area contributed by atoms with Gasteiger partial charge in [0.05, 0.1) is 11.1 Å². The molecule has 1 saturated carbocycles. The summed E-state index contributed by atoms with van der Waals surface area (Å²) in [5.41, 5.74) is 2.96. The third-order valence-corrected chi connectivity index (χ3v) is 5.97. The van der Waals surface area contributed by atoms with E-state index in [4.69, 9.17) is 9.84 Å². The van der Waals surface area contributed by atoms with Crippen LogP contribution in [0.4, 0.5) is 4.39 Å². The lowest BCUT2D eigenvalue weighted by atomic mass is 9.85. The van der Waals surface area contributed by atoms with Gasteiger partial charge in [0.2, 0.25) is 0 Å². The summed E-state index contributed by atoms with van der Waals surface area (Å²) in [5.74, 6) is -0.535. The summed E-state index contributed by atoms with van der Waals surface area (Å²) in [6.45, 7) is 0. The lowest BCUT2D eigenvalue weighted by molar-refractivity contribution is -0.138. The van der Waals surface area contributed by atoms with E-state index in [0.717, 1.165) is 31.2 Å². The van der Waals surface area contributed by atoms with Crippen LogP contribution in [0.2, 0.25) is 0 Å². The Morgan fingerprint density at radius 1 is 1.09 bits per heavy atom. The number of nitrogens with zero attached hydrogens (tertiary/aromatic N) is 4. The zero-order chi connectivity index (χ0) is 22.8. The molecule has 0 amide bonds. The van der Waals surface area contributed by atoms with Crippen LogP contribution in [-0.2, 0) is 4.79 Å². The van der Waals surface area contributed by atoms with Crippen LogP contribution < -0.4 is 4.74 Å². The summed E-state index contributed by atoms with van der Waals surface area (Å²) >= 11 is 0. The Hall–Kier alpha value is -3.88. The number of aromatic nitrogens is 5. The molecule has 8 nitrogen and oxygen atoms in total. The molecule has 4 aromatic rings. The van der Waals surface area contributed by atoms with Gasteiger partial charge in [-0.2, -0.15) is 0 Å². The Morgan fingerprint density at radius 2 is 1.88 bits per heavy atom. The number of carboxylic acids is 1. The molecule has 0 aliphatic heterocycles. The number of H-pyrrole nitrogens is 1. The van der Waals surface area contributed by atoms with E-state index in [-0.39, 0.29) is 24.5 Å². The topological polar surface area (TPSA) is 114 Å². The van der Waals surface area contributed by atoms with Crippen LogP contribution in [0.5, 0.6) is 6.01 Å². The Balaban J connectivity index is 1.25. The van der Waals surface area contributed by atoms with Crippen molar-refractivity contribution in [3.8, 4) is 28.5 Å². The molecule has 168 valence electrons. The van der Waals surface area contributed by atoms with Crippen molar-refractivity contribution in [2.24, 2.45) is 5.92 Å². The van der Waals surface area contributed by atoms with E-state index in [1.54, 1.807) is 36.8 Å². The molecule has 5 rings (SSSR count). The van der Waals surface area contributed by atoms with Crippen molar-refractivity contribution in [3.05, 3.63) is 54.7 Å². The molecule has 1 aliphatic rings. The predicted octanol–water partition coefficient (Wildman–Crippen LogP) is 4.63. The minimum atomic E-state index is -0.752. The largest absolute Gasteiger partial charge is 0.481 e. The van der Waals surface area contributed by atoms with Crippen molar-refractivity contribution in [2.75, 3.05) is 0 Å². The van der Waals surface area contributed by atoms with Gasteiger partial charge in [0.15, 0.2) is 5.65 Å². The highest BCUT2D eigenvalue weighted by molar-refractivity contribution is 5.76. The second-order valence-electron chi connectivity index (χ2n) is 8.27. The minimum absolute atomic E-state index is 0.0177. The van der Waals surface area contributed by atoms with Gasteiger partial charge < -0.3 is 14.8 Å². The molecule has 0 saturated heterocycles. The summed E-state index contributed by atoms with van der Waals surface area (Å²) in [7, 11) is 0. The van der Waals surface area contributed by atoms with E-state index < -0.39 is 11.8 Å².